The Labute approximate surface area is 155 Å². The molecule has 3 aromatic rings. The number of H-pyrrole nitrogens is 1. The highest BCUT2D eigenvalue weighted by Gasteiger charge is 2.34. The van der Waals surface area contributed by atoms with Gasteiger partial charge in [0.05, 0.1) is 17.6 Å². The van der Waals surface area contributed by atoms with E-state index in [1.54, 1.807) is 45.0 Å². The lowest BCUT2D eigenvalue weighted by atomic mass is 9.84. The van der Waals surface area contributed by atoms with Gasteiger partial charge in [0.25, 0.3) is 0 Å². The van der Waals surface area contributed by atoms with Crippen molar-refractivity contribution in [3.63, 3.8) is 0 Å². The van der Waals surface area contributed by atoms with Crippen LogP contribution in [0, 0.1) is 0 Å². The van der Waals surface area contributed by atoms with E-state index in [0.29, 0.717) is 11.2 Å². The first-order valence-electron chi connectivity index (χ1n) is 8.61. The average Bonchev–Trinajstić information content (AvgIpc) is 3.04. The van der Waals surface area contributed by atoms with Crippen LogP contribution in [0.1, 0.15) is 31.9 Å². The van der Waals surface area contributed by atoms with Crippen LogP contribution in [-0.2, 0) is 21.1 Å². The van der Waals surface area contributed by atoms with Crippen LogP contribution < -0.4 is 0 Å². The maximum Gasteiger partial charge on any atom is 0.417 e. The fraction of sp³-hybridized carbons (Fsp3) is 0.286. The Morgan fingerprint density at radius 2 is 1.78 bits per heavy atom. The lowest BCUT2D eigenvalue weighted by Gasteiger charge is -2.22. The second-order valence-corrected chi connectivity index (χ2v) is 6.87. The Kier molecular flexibility index (Phi) is 4.76. The number of alkyl halides is 3. The molecule has 0 fully saturated rings. The maximum atomic E-state index is 13.3. The molecule has 0 spiro atoms. The molecule has 0 unspecified atom stereocenters. The Hall–Kier alpha value is -2.76. The summed E-state index contributed by atoms with van der Waals surface area (Å²) >= 11 is 0. The molecule has 142 valence electrons. The van der Waals surface area contributed by atoms with E-state index >= 15 is 0 Å². The van der Waals surface area contributed by atoms with Crippen LogP contribution in [0.15, 0.2) is 48.5 Å². The van der Waals surface area contributed by atoms with Gasteiger partial charge in [-0.1, -0.05) is 24.3 Å². The number of benzene rings is 2. The number of esters is 1. The van der Waals surface area contributed by atoms with Crippen molar-refractivity contribution >= 4 is 16.9 Å². The molecule has 0 radical (unpaired) electrons. The van der Waals surface area contributed by atoms with E-state index in [1.807, 2.05) is 6.07 Å². The highest BCUT2D eigenvalue weighted by atomic mass is 19.4. The highest BCUT2D eigenvalue weighted by Crippen LogP contribution is 2.38. The van der Waals surface area contributed by atoms with Crippen molar-refractivity contribution in [3.05, 3.63) is 59.7 Å². The molecular formula is C21H20F3NO2. The predicted octanol–water partition coefficient (Wildman–Crippen LogP) is 5.69. The molecule has 1 N–H and O–H groups in total. The van der Waals surface area contributed by atoms with Gasteiger partial charge in [0.1, 0.15) is 0 Å². The van der Waals surface area contributed by atoms with Crippen LogP contribution in [0.3, 0.4) is 0 Å². The molecule has 1 heterocycles. The first kappa shape index (κ1) is 19.0. The Morgan fingerprint density at radius 1 is 1.07 bits per heavy atom. The summed E-state index contributed by atoms with van der Waals surface area (Å²) in [6, 6.07) is 12.5. The fourth-order valence-electron chi connectivity index (χ4n) is 3.06. The van der Waals surface area contributed by atoms with Crippen LogP contribution in [-0.4, -0.2) is 17.6 Å². The van der Waals surface area contributed by atoms with E-state index in [4.69, 9.17) is 4.74 Å². The van der Waals surface area contributed by atoms with Crippen molar-refractivity contribution in [2.75, 3.05) is 6.61 Å². The number of aromatic amines is 1. The number of carbonyl (C=O) groups is 1. The summed E-state index contributed by atoms with van der Waals surface area (Å²) in [6.07, 6.45) is -4.44. The first-order chi connectivity index (χ1) is 12.6. The summed E-state index contributed by atoms with van der Waals surface area (Å²) in [5.41, 5.74) is 0.361. The third kappa shape index (κ3) is 3.56. The van der Waals surface area contributed by atoms with Crippen molar-refractivity contribution in [2.24, 2.45) is 0 Å². The average molecular weight is 375 g/mol. The summed E-state index contributed by atoms with van der Waals surface area (Å²) in [4.78, 5) is 15.3. The van der Waals surface area contributed by atoms with Crippen LogP contribution in [0.4, 0.5) is 13.2 Å². The van der Waals surface area contributed by atoms with E-state index < -0.39 is 17.2 Å². The third-order valence-electron chi connectivity index (χ3n) is 4.65. The van der Waals surface area contributed by atoms with E-state index in [9.17, 15) is 18.0 Å². The molecule has 6 heteroatoms. The predicted molar refractivity (Wildman–Crippen MR) is 98.4 cm³/mol. The quantitative estimate of drug-likeness (QED) is 0.595. The van der Waals surface area contributed by atoms with E-state index in [1.165, 1.54) is 12.1 Å². The number of fused-ring (bicyclic) bond motifs is 1. The Balaban J connectivity index is 2.07. The molecule has 3 rings (SSSR count). The summed E-state index contributed by atoms with van der Waals surface area (Å²) in [7, 11) is 0. The zero-order valence-corrected chi connectivity index (χ0v) is 15.3. The van der Waals surface area contributed by atoms with Crippen LogP contribution in [0.2, 0.25) is 0 Å². The standard InChI is InChI=1S/C21H20F3NO2/c1-4-27-19(26)20(2,3)14-9-10-17-13(11-14)12-18(25-17)15-7-5-6-8-16(15)21(22,23)24/h5-12,25H,4H2,1-3H3. The lowest BCUT2D eigenvalue weighted by Crippen LogP contribution is -2.31. The normalized spacial score (nSPS) is 12.4. The molecule has 0 aliphatic rings. The monoisotopic (exact) mass is 375 g/mol. The molecule has 27 heavy (non-hydrogen) atoms. The summed E-state index contributed by atoms with van der Waals surface area (Å²) in [5, 5.41) is 0.733. The lowest BCUT2D eigenvalue weighted by molar-refractivity contribution is -0.148. The van der Waals surface area contributed by atoms with Crippen molar-refractivity contribution in [3.8, 4) is 11.3 Å². The molecule has 0 saturated carbocycles. The molecule has 0 amide bonds. The van der Waals surface area contributed by atoms with Crippen LogP contribution in [0.25, 0.3) is 22.2 Å². The fourth-order valence-corrected chi connectivity index (χ4v) is 3.06. The van der Waals surface area contributed by atoms with Crippen molar-refractivity contribution in [2.45, 2.75) is 32.4 Å². The van der Waals surface area contributed by atoms with Gasteiger partial charge in [-0.3, -0.25) is 4.79 Å². The van der Waals surface area contributed by atoms with E-state index in [2.05, 4.69) is 4.98 Å². The van der Waals surface area contributed by atoms with Gasteiger partial charge in [0.2, 0.25) is 0 Å². The van der Waals surface area contributed by atoms with Gasteiger partial charge in [0, 0.05) is 22.2 Å². The van der Waals surface area contributed by atoms with Gasteiger partial charge in [-0.2, -0.15) is 13.2 Å². The number of halogens is 3. The zero-order valence-electron chi connectivity index (χ0n) is 15.3. The highest BCUT2D eigenvalue weighted by molar-refractivity contribution is 5.89. The molecule has 0 aliphatic heterocycles. The van der Waals surface area contributed by atoms with E-state index in [0.717, 1.165) is 17.0 Å². The van der Waals surface area contributed by atoms with Crippen LogP contribution in [0.5, 0.6) is 0 Å². The minimum atomic E-state index is -4.44. The largest absolute Gasteiger partial charge is 0.465 e. The Bertz CT molecular complexity index is 987. The number of carbonyl (C=O) groups excluding carboxylic acids is 1. The molecule has 0 bridgehead atoms. The molecular weight excluding hydrogens is 355 g/mol. The minimum absolute atomic E-state index is 0.0902. The van der Waals surface area contributed by atoms with Gasteiger partial charge in [-0.25, -0.2) is 0 Å². The third-order valence-corrected chi connectivity index (χ3v) is 4.65. The summed E-state index contributed by atoms with van der Waals surface area (Å²) in [5.74, 6) is -0.345. The van der Waals surface area contributed by atoms with Gasteiger partial charge < -0.3 is 9.72 Å². The number of ether oxygens (including phenoxy) is 1. The molecule has 3 nitrogen and oxygen atoms in total. The molecule has 1 aromatic heterocycles. The molecule has 0 aliphatic carbocycles. The van der Waals surface area contributed by atoms with Crippen molar-refractivity contribution in [1.29, 1.82) is 0 Å². The van der Waals surface area contributed by atoms with E-state index in [-0.39, 0.29) is 18.1 Å². The van der Waals surface area contributed by atoms with Gasteiger partial charge in [-0.15, -0.1) is 0 Å². The summed E-state index contributed by atoms with van der Waals surface area (Å²) in [6.45, 7) is 5.55. The summed E-state index contributed by atoms with van der Waals surface area (Å²) < 4.78 is 45.0. The molecule has 0 atom stereocenters. The Morgan fingerprint density at radius 3 is 2.44 bits per heavy atom. The second kappa shape index (κ2) is 6.76. The molecule has 0 saturated heterocycles. The topological polar surface area (TPSA) is 42.1 Å². The van der Waals surface area contributed by atoms with Crippen molar-refractivity contribution < 1.29 is 22.7 Å². The number of rotatable bonds is 4. The van der Waals surface area contributed by atoms with Crippen molar-refractivity contribution in [1.82, 2.24) is 4.98 Å². The maximum absolute atomic E-state index is 13.3. The smallest absolute Gasteiger partial charge is 0.417 e. The molecule has 2 aromatic carbocycles. The van der Waals surface area contributed by atoms with Crippen LogP contribution >= 0.6 is 0 Å². The number of aromatic nitrogens is 1. The number of hydrogen-bond donors (Lipinski definition) is 1. The second-order valence-electron chi connectivity index (χ2n) is 6.87. The van der Waals surface area contributed by atoms with Gasteiger partial charge in [0.15, 0.2) is 0 Å². The minimum Gasteiger partial charge on any atom is -0.465 e. The van der Waals surface area contributed by atoms with Gasteiger partial charge >= 0.3 is 12.1 Å². The first-order valence-corrected chi connectivity index (χ1v) is 8.61. The van der Waals surface area contributed by atoms with Gasteiger partial charge in [-0.05, 0) is 50.6 Å². The zero-order chi connectivity index (χ0) is 19.8. The number of hydrogen-bond acceptors (Lipinski definition) is 2. The number of nitrogens with one attached hydrogen (secondary N) is 1. The SMILES string of the molecule is CCOC(=O)C(C)(C)c1ccc2[nH]c(-c3ccccc3C(F)(F)F)cc2c1.